The summed E-state index contributed by atoms with van der Waals surface area (Å²) in [6, 6.07) is 18.7. The van der Waals surface area contributed by atoms with Crippen LogP contribution in [0.3, 0.4) is 0 Å². The molecule has 1 atom stereocenters. The molecule has 7 heteroatoms. The molecule has 0 radical (unpaired) electrons. The second kappa shape index (κ2) is 9.78. The first-order chi connectivity index (χ1) is 15.3. The highest BCUT2D eigenvalue weighted by Gasteiger charge is 2.36. The number of carbonyl (C=O) groups excluding carboxylic acids is 2. The van der Waals surface area contributed by atoms with Crippen molar-refractivity contribution >= 4 is 21.4 Å². The lowest BCUT2D eigenvalue weighted by molar-refractivity contribution is 0.0920. The Morgan fingerprint density at radius 3 is 1.69 bits per heavy atom. The third-order valence-corrected chi connectivity index (χ3v) is 7.23. The van der Waals surface area contributed by atoms with Crippen LogP contribution in [0.15, 0.2) is 77.7 Å². The van der Waals surface area contributed by atoms with Gasteiger partial charge in [0.05, 0.1) is 19.1 Å². The van der Waals surface area contributed by atoms with Crippen LogP contribution in [0.25, 0.3) is 0 Å². The van der Waals surface area contributed by atoms with Crippen LogP contribution in [0.5, 0.6) is 11.5 Å². The molecule has 0 saturated heterocycles. The van der Waals surface area contributed by atoms with Crippen molar-refractivity contribution < 1.29 is 27.5 Å². The fraction of sp³-hybridized carbons (Fsp3) is 0.200. The minimum atomic E-state index is -4.12. The SMILES string of the molecule is COc1ccc(C(=O)C[C@H](C(=O)c2ccc(OC)cc2)S(=O)(=O)c2ccc(C)cc2)cc1. The van der Waals surface area contributed by atoms with E-state index < -0.39 is 33.1 Å². The molecule has 166 valence electrons. The minimum Gasteiger partial charge on any atom is -0.497 e. The predicted octanol–water partition coefficient (Wildman–Crippen LogP) is 4.31. The Labute approximate surface area is 187 Å². The van der Waals surface area contributed by atoms with Crippen molar-refractivity contribution in [2.45, 2.75) is 23.5 Å². The average Bonchev–Trinajstić information content (AvgIpc) is 2.82. The molecule has 0 N–H and O–H groups in total. The molecule has 0 aliphatic carbocycles. The van der Waals surface area contributed by atoms with E-state index in [-0.39, 0.29) is 10.5 Å². The van der Waals surface area contributed by atoms with Gasteiger partial charge in [-0.25, -0.2) is 8.42 Å². The summed E-state index contributed by atoms with van der Waals surface area (Å²) in [6.45, 7) is 1.84. The van der Waals surface area contributed by atoms with Crippen molar-refractivity contribution in [3.8, 4) is 11.5 Å². The van der Waals surface area contributed by atoms with Crippen molar-refractivity contribution in [2.24, 2.45) is 0 Å². The summed E-state index contributed by atoms with van der Waals surface area (Å²) in [7, 11) is -1.12. The number of benzene rings is 3. The van der Waals surface area contributed by atoms with Gasteiger partial charge in [0.2, 0.25) is 0 Å². The van der Waals surface area contributed by atoms with Gasteiger partial charge >= 0.3 is 0 Å². The van der Waals surface area contributed by atoms with Crippen LogP contribution in [-0.4, -0.2) is 39.5 Å². The van der Waals surface area contributed by atoms with Crippen molar-refractivity contribution in [3.05, 3.63) is 89.5 Å². The van der Waals surface area contributed by atoms with Crippen LogP contribution in [0, 0.1) is 6.92 Å². The summed E-state index contributed by atoms with van der Waals surface area (Å²) in [6.07, 6.45) is -0.479. The molecule has 3 rings (SSSR count). The topological polar surface area (TPSA) is 86.7 Å². The molecular weight excluding hydrogens is 428 g/mol. The van der Waals surface area contributed by atoms with Gasteiger partial charge < -0.3 is 9.47 Å². The van der Waals surface area contributed by atoms with Crippen LogP contribution >= 0.6 is 0 Å². The fourth-order valence-electron chi connectivity index (χ4n) is 3.24. The number of sulfone groups is 1. The molecule has 6 nitrogen and oxygen atoms in total. The molecule has 0 aromatic heterocycles. The van der Waals surface area contributed by atoms with E-state index in [4.69, 9.17) is 9.47 Å². The molecule has 0 saturated carbocycles. The van der Waals surface area contributed by atoms with Gasteiger partial charge in [0.15, 0.2) is 21.4 Å². The first-order valence-corrected chi connectivity index (χ1v) is 11.5. The Bertz CT molecular complexity index is 1190. The highest BCUT2D eigenvalue weighted by Crippen LogP contribution is 2.25. The zero-order chi connectivity index (χ0) is 23.3. The number of aryl methyl sites for hydroxylation is 1. The normalized spacial score (nSPS) is 12.1. The van der Waals surface area contributed by atoms with Gasteiger partial charge in [-0.1, -0.05) is 17.7 Å². The Morgan fingerprint density at radius 2 is 1.22 bits per heavy atom. The van der Waals surface area contributed by atoms with E-state index in [1.165, 1.54) is 38.5 Å². The first-order valence-electron chi connectivity index (χ1n) is 9.92. The molecular formula is C25H24O6S. The number of carbonyl (C=O) groups is 2. The third kappa shape index (κ3) is 5.06. The van der Waals surface area contributed by atoms with Crippen LogP contribution < -0.4 is 9.47 Å². The lowest BCUT2D eigenvalue weighted by Crippen LogP contribution is -2.33. The summed E-state index contributed by atoms with van der Waals surface area (Å²) < 4.78 is 37.1. The number of hydrogen-bond acceptors (Lipinski definition) is 6. The van der Waals surface area contributed by atoms with Gasteiger partial charge in [-0.3, -0.25) is 9.59 Å². The molecule has 0 spiro atoms. The summed E-state index contributed by atoms with van der Waals surface area (Å²) in [5.41, 5.74) is 1.38. The summed E-state index contributed by atoms with van der Waals surface area (Å²) >= 11 is 0. The largest absolute Gasteiger partial charge is 0.497 e. The second-order valence-corrected chi connectivity index (χ2v) is 9.43. The van der Waals surface area contributed by atoms with E-state index in [9.17, 15) is 18.0 Å². The van der Waals surface area contributed by atoms with Gasteiger partial charge in [-0.15, -0.1) is 0 Å². The van der Waals surface area contributed by atoms with Crippen LogP contribution in [0.4, 0.5) is 0 Å². The lowest BCUT2D eigenvalue weighted by atomic mass is 10.0. The molecule has 0 bridgehead atoms. The quantitative estimate of drug-likeness (QED) is 0.450. The summed E-state index contributed by atoms with van der Waals surface area (Å²) in [5, 5.41) is -1.56. The Balaban J connectivity index is 2.00. The highest BCUT2D eigenvalue weighted by atomic mass is 32.2. The molecule has 3 aromatic carbocycles. The molecule has 0 heterocycles. The number of ketones is 2. The smallest absolute Gasteiger partial charge is 0.189 e. The van der Waals surface area contributed by atoms with Gasteiger partial charge in [0, 0.05) is 17.5 Å². The Hall–Kier alpha value is -3.45. The number of hydrogen-bond donors (Lipinski definition) is 0. The number of rotatable bonds is 9. The maximum Gasteiger partial charge on any atom is 0.189 e. The van der Waals surface area contributed by atoms with Crippen molar-refractivity contribution in [1.29, 1.82) is 0 Å². The maximum atomic E-state index is 13.4. The number of Topliss-reactive ketones (excluding diaryl/α,β-unsaturated/α-hetero) is 2. The van der Waals surface area contributed by atoms with Gasteiger partial charge in [0.25, 0.3) is 0 Å². The molecule has 0 aliphatic heterocycles. The first kappa shape index (κ1) is 23.2. The van der Waals surface area contributed by atoms with E-state index in [2.05, 4.69) is 0 Å². The van der Waals surface area contributed by atoms with E-state index in [0.717, 1.165) is 5.56 Å². The summed E-state index contributed by atoms with van der Waals surface area (Å²) in [4.78, 5) is 26.2. The van der Waals surface area contributed by atoms with E-state index in [1.54, 1.807) is 48.5 Å². The minimum absolute atomic E-state index is 0.00232. The fourth-order valence-corrected chi connectivity index (χ4v) is 4.87. The van der Waals surface area contributed by atoms with Crippen molar-refractivity contribution in [3.63, 3.8) is 0 Å². The zero-order valence-corrected chi connectivity index (χ0v) is 18.9. The van der Waals surface area contributed by atoms with Gasteiger partial charge in [0.1, 0.15) is 16.7 Å². The Morgan fingerprint density at radius 1 is 0.750 bits per heavy atom. The molecule has 3 aromatic rings. The van der Waals surface area contributed by atoms with Crippen LogP contribution in [0.1, 0.15) is 32.7 Å². The van der Waals surface area contributed by atoms with Crippen molar-refractivity contribution in [1.82, 2.24) is 0 Å². The summed E-state index contributed by atoms with van der Waals surface area (Å²) in [5.74, 6) is 0.0128. The van der Waals surface area contributed by atoms with E-state index >= 15 is 0 Å². The molecule has 0 aliphatic rings. The van der Waals surface area contributed by atoms with Crippen LogP contribution in [-0.2, 0) is 9.84 Å². The van der Waals surface area contributed by atoms with E-state index in [0.29, 0.717) is 17.1 Å². The van der Waals surface area contributed by atoms with Crippen molar-refractivity contribution in [2.75, 3.05) is 14.2 Å². The standard InChI is InChI=1S/C25H24O6S/c1-17-4-14-22(15-5-17)32(28,29)24(25(27)19-8-12-21(31-3)13-9-19)16-23(26)18-6-10-20(30-2)11-7-18/h4-15,24H,16H2,1-3H3/t24-/m1/s1. The van der Waals surface area contributed by atoms with Gasteiger partial charge in [-0.2, -0.15) is 0 Å². The molecule has 0 unspecified atom stereocenters. The number of methoxy groups -OCH3 is 2. The maximum absolute atomic E-state index is 13.4. The zero-order valence-electron chi connectivity index (χ0n) is 18.1. The predicted molar refractivity (Wildman–Crippen MR) is 121 cm³/mol. The number of ether oxygens (including phenoxy) is 2. The molecule has 0 amide bonds. The van der Waals surface area contributed by atoms with Crippen LogP contribution in [0.2, 0.25) is 0 Å². The molecule has 0 fully saturated rings. The highest BCUT2D eigenvalue weighted by molar-refractivity contribution is 7.92. The third-order valence-electron chi connectivity index (χ3n) is 5.17. The van der Waals surface area contributed by atoms with Gasteiger partial charge in [-0.05, 0) is 67.6 Å². The lowest BCUT2D eigenvalue weighted by Gasteiger charge is -2.17. The monoisotopic (exact) mass is 452 g/mol. The molecule has 32 heavy (non-hydrogen) atoms. The Kier molecular flexibility index (Phi) is 7.10. The average molecular weight is 453 g/mol. The second-order valence-electron chi connectivity index (χ2n) is 7.30. The van der Waals surface area contributed by atoms with E-state index in [1.807, 2.05) is 6.92 Å².